The summed E-state index contributed by atoms with van der Waals surface area (Å²) in [6.07, 6.45) is 5.51. The number of aromatic nitrogens is 4. The van der Waals surface area contributed by atoms with Crippen molar-refractivity contribution in [3.8, 4) is 5.69 Å². The van der Waals surface area contributed by atoms with E-state index in [0.717, 1.165) is 35.8 Å². The molecule has 1 aliphatic rings. The molecule has 1 aromatic carbocycles. The Balaban J connectivity index is 1.66. The van der Waals surface area contributed by atoms with Crippen molar-refractivity contribution in [1.82, 2.24) is 25.5 Å². The first kappa shape index (κ1) is 15.1. The summed E-state index contributed by atoms with van der Waals surface area (Å²) in [5.41, 5.74) is 0.862. The van der Waals surface area contributed by atoms with Crippen molar-refractivity contribution < 1.29 is 4.79 Å². The van der Waals surface area contributed by atoms with Crippen LogP contribution < -0.4 is 5.32 Å². The summed E-state index contributed by atoms with van der Waals surface area (Å²) in [4.78, 5) is 12.2. The Hall–Kier alpha value is -1.76. The van der Waals surface area contributed by atoms with Crippen molar-refractivity contribution in [2.75, 3.05) is 0 Å². The molecule has 3 rings (SSSR count). The van der Waals surface area contributed by atoms with Crippen LogP contribution in [0.25, 0.3) is 5.69 Å². The molecule has 116 valence electrons. The molecule has 0 radical (unpaired) electrons. The molecule has 0 saturated heterocycles. The van der Waals surface area contributed by atoms with Gasteiger partial charge in [0, 0.05) is 10.4 Å². The molecule has 0 unspecified atom stereocenters. The van der Waals surface area contributed by atoms with E-state index in [-0.39, 0.29) is 11.8 Å². The molecule has 1 saturated carbocycles. The average Bonchev–Trinajstić information content (AvgIpc) is 3.02. The van der Waals surface area contributed by atoms with E-state index in [1.54, 1.807) is 4.68 Å². The average molecular weight is 364 g/mol. The van der Waals surface area contributed by atoms with Crippen LogP contribution in [0.5, 0.6) is 0 Å². The van der Waals surface area contributed by atoms with E-state index in [2.05, 4.69) is 36.8 Å². The molecule has 1 aliphatic carbocycles. The van der Waals surface area contributed by atoms with Gasteiger partial charge in [0.05, 0.1) is 12.2 Å². The van der Waals surface area contributed by atoms with E-state index in [0.29, 0.717) is 12.4 Å². The molecule has 6 nitrogen and oxygen atoms in total. The second-order valence-electron chi connectivity index (χ2n) is 5.54. The minimum atomic E-state index is 0.114. The fourth-order valence-corrected chi connectivity index (χ4v) is 3.19. The third-order valence-electron chi connectivity index (χ3n) is 3.98. The Morgan fingerprint density at radius 3 is 2.91 bits per heavy atom. The molecular formula is C15H18BrN5O. The van der Waals surface area contributed by atoms with E-state index >= 15 is 0 Å². The number of tetrazole rings is 1. The predicted molar refractivity (Wildman–Crippen MR) is 85.3 cm³/mol. The molecule has 0 aliphatic heterocycles. The van der Waals surface area contributed by atoms with E-state index in [1.165, 1.54) is 6.42 Å². The number of carbonyl (C=O) groups excluding carboxylic acids is 1. The molecule has 7 heteroatoms. The smallest absolute Gasteiger partial charge is 0.223 e. The number of rotatable bonds is 4. The lowest BCUT2D eigenvalue weighted by Crippen LogP contribution is -2.32. The highest BCUT2D eigenvalue weighted by molar-refractivity contribution is 9.10. The topological polar surface area (TPSA) is 72.7 Å². The predicted octanol–water partition coefficient (Wildman–Crippen LogP) is 2.62. The molecule has 0 bridgehead atoms. The lowest BCUT2D eigenvalue weighted by molar-refractivity contribution is -0.126. The van der Waals surface area contributed by atoms with Gasteiger partial charge < -0.3 is 5.32 Å². The highest BCUT2D eigenvalue weighted by Gasteiger charge is 2.21. The normalized spacial score (nSPS) is 15.7. The van der Waals surface area contributed by atoms with Crippen molar-refractivity contribution in [2.24, 2.45) is 5.92 Å². The first-order valence-corrected chi connectivity index (χ1v) is 8.34. The monoisotopic (exact) mass is 363 g/mol. The van der Waals surface area contributed by atoms with Gasteiger partial charge in [-0.3, -0.25) is 4.79 Å². The standard InChI is InChI=1S/C15H18BrN5O/c16-12-7-4-8-13(9-12)21-14(18-19-20-21)10-17-15(22)11-5-2-1-3-6-11/h4,7-9,11H,1-3,5-6,10H2,(H,17,22). The van der Waals surface area contributed by atoms with Crippen molar-refractivity contribution in [1.29, 1.82) is 0 Å². The summed E-state index contributed by atoms with van der Waals surface area (Å²) in [5.74, 6) is 0.884. The van der Waals surface area contributed by atoms with Gasteiger partial charge in [-0.25, -0.2) is 0 Å². The summed E-state index contributed by atoms with van der Waals surface area (Å²) < 4.78 is 2.60. The zero-order chi connectivity index (χ0) is 15.4. The van der Waals surface area contributed by atoms with Gasteiger partial charge in [0.15, 0.2) is 5.82 Å². The maximum atomic E-state index is 12.2. The van der Waals surface area contributed by atoms with Gasteiger partial charge in [-0.2, -0.15) is 4.68 Å². The Morgan fingerprint density at radius 1 is 1.32 bits per heavy atom. The summed E-state index contributed by atoms with van der Waals surface area (Å²) in [6, 6.07) is 7.72. The number of hydrogen-bond acceptors (Lipinski definition) is 4. The van der Waals surface area contributed by atoms with Crippen LogP contribution in [0.3, 0.4) is 0 Å². The molecule has 22 heavy (non-hydrogen) atoms. The van der Waals surface area contributed by atoms with E-state index in [1.807, 2.05) is 24.3 Å². The summed E-state index contributed by atoms with van der Waals surface area (Å²) in [5, 5.41) is 14.7. The summed E-state index contributed by atoms with van der Waals surface area (Å²) in [6.45, 7) is 0.342. The second kappa shape index (κ2) is 7.00. The third-order valence-corrected chi connectivity index (χ3v) is 4.48. The molecule has 0 atom stereocenters. The first-order chi connectivity index (χ1) is 10.7. The molecule has 1 fully saturated rings. The van der Waals surface area contributed by atoms with Crippen LogP contribution in [0, 0.1) is 5.92 Å². The summed E-state index contributed by atoms with van der Waals surface area (Å²) in [7, 11) is 0. The van der Waals surface area contributed by atoms with Gasteiger partial charge in [-0.15, -0.1) is 5.10 Å². The molecule has 0 spiro atoms. The Kier molecular flexibility index (Phi) is 4.82. The van der Waals surface area contributed by atoms with E-state index in [4.69, 9.17) is 0 Å². The lowest BCUT2D eigenvalue weighted by atomic mass is 9.89. The van der Waals surface area contributed by atoms with Gasteiger partial charge >= 0.3 is 0 Å². The largest absolute Gasteiger partial charge is 0.348 e. The number of hydrogen-bond donors (Lipinski definition) is 1. The van der Waals surface area contributed by atoms with Gasteiger partial charge in [0.25, 0.3) is 0 Å². The second-order valence-corrected chi connectivity index (χ2v) is 6.46. The minimum Gasteiger partial charge on any atom is -0.348 e. The van der Waals surface area contributed by atoms with Crippen molar-refractivity contribution in [2.45, 2.75) is 38.6 Å². The van der Waals surface area contributed by atoms with Gasteiger partial charge in [-0.05, 0) is 41.5 Å². The van der Waals surface area contributed by atoms with Gasteiger partial charge in [-0.1, -0.05) is 41.3 Å². The number of carbonyl (C=O) groups is 1. The highest BCUT2D eigenvalue weighted by Crippen LogP contribution is 2.23. The number of halogens is 1. The van der Waals surface area contributed by atoms with E-state index < -0.39 is 0 Å². The van der Waals surface area contributed by atoms with Crippen molar-refractivity contribution in [3.63, 3.8) is 0 Å². The van der Waals surface area contributed by atoms with Gasteiger partial charge in [0.1, 0.15) is 0 Å². The number of nitrogens with one attached hydrogen (secondary N) is 1. The zero-order valence-corrected chi connectivity index (χ0v) is 13.8. The van der Waals surface area contributed by atoms with Gasteiger partial charge in [0.2, 0.25) is 5.91 Å². The maximum absolute atomic E-state index is 12.2. The quantitative estimate of drug-likeness (QED) is 0.905. The van der Waals surface area contributed by atoms with Crippen LogP contribution in [0.1, 0.15) is 37.9 Å². The van der Waals surface area contributed by atoms with Crippen LogP contribution in [0.4, 0.5) is 0 Å². The Labute approximate surface area is 137 Å². The highest BCUT2D eigenvalue weighted by atomic mass is 79.9. The molecule has 1 amide bonds. The summed E-state index contributed by atoms with van der Waals surface area (Å²) >= 11 is 3.43. The Morgan fingerprint density at radius 2 is 2.14 bits per heavy atom. The molecule has 1 N–H and O–H groups in total. The van der Waals surface area contributed by atoms with E-state index in [9.17, 15) is 4.79 Å². The zero-order valence-electron chi connectivity index (χ0n) is 12.2. The van der Waals surface area contributed by atoms with Crippen LogP contribution in [0.15, 0.2) is 28.7 Å². The first-order valence-electron chi connectivity index (χ1n) is 7.55. The minimum absolute atomic E-state index is 0.114. The van der Waals surface area contributed by atoms with Crippen molar-refractivity contribution in [3.05, 3.63) is 34.6 Å². The maximum Gasteiger partial charge on any atom is 0.223 e. The van der Waals surface area contributed by atoms with Crippen LogP contribution >= 0.6 is 15.9 Å². The van der Waals surface area contributed by atoms with Crippen LogP contribution in [-0.4, -0.2) is 26.1 Å². The SMILES string of the molecule is O=C(NCc1nnnn1-c1cccc(Br)c1)C1CCCCC1. The molecule has 1 heterocycles. The third kappa shape index (κ3) is 3.52. The number of benzene rings is 1. The Bertz CT molecular complexity index is 651. The fraction of sp³-hybridized carbons (Fsp3) is 0.467. The molecule has 2 aromatic rings. The van der Waals surface area contributed by atoms with Crippen LogP contribution in [-0.2, 0) is 11.3 Å². The van der Waals surface area contributed by atoms with Crippen LogP contribution in [0.2, 0.25) is 0 Å². The lowest BCUT2D eigenvalue weighted by Gasteiger charge is -2.20. The fourth-order valence-electron chi connectivity index (χ4n) is 2.80. The molecule has 1 aromatic heterocycles. The van der Waals surface area contributed by atoms with Crippen molar-refractivity contribution >= 4 is 21.8 Å². The molecular weight excluding hydrogens is 346 g/mol. The number of nitrogens with zero attached hydrogens (tertiary/aromatic N) is 4. The number of amides is 1.